The smallest absolute Gasteiger partial charge is 0.240 e. The minimum Gasteiger partial charge on any atom is -0.383 e. The van der Waals surface area contributed by atoms with Crippen LogP contribution in [0.5, 0.6) is 0 Å². The van der Waals surface area contributed by atoms with E-state index in [9.17, 15) is 9.59 Å². The van der Waals surface area contributed by atoms with E-state index in [4.69, 9.17) is 4.74 Å². The van der Waals surface area contributed by atoms with E-state index in [1.54, 1.807) is 19.2 Å². The largest absolute Gasteiger partial charge is 0.383 e. The van der Waals surface area contributed by atoms with Crippen molar-refractivity contribution >= 4 is 17.5 Å². The van der Waals surface area contributed by atoms with Gasteiger partial charge in [-0.1, -0.05) is 18.2 Å². The van der Waals surface area contributed by atoms with Gasteiger partial charge in [0.15, 0.2) is 0 Å². The average molecular weight is 262 g/mol. The molecule has 0 heterocycles. The van der Waals surface area contributed by atoms with Crippen LogP contribution in [-0.4, -0.2) is 32.1 Å². The number of benzene rings is 1. The zero-order valence-electron chi connectivity index (χ0n) is 10.9. The van der Waals surface area contributed by atoms with Crippen molar-refractivity contribution in [2.24, 2.45) is 5.41 Å². The number of hydrogen-bond acceptors (Lipinski definition) is 3. The number of carbonyl (C=O) groups is 2. The highest BCUT2D eigenvalue weighted by Gasteiger charge is 2.56. The summed E-state index contributed by atoms with van der Waals surface area (Å²) in [6, 6.07) is 9.16. The quantitative estimate of drug-likeness (QED) is 0.597. The van der Waals surface area contributed by atoms with Crippen LogP contribution >= 0.6 is 0 Å². The maximum atomic E-state index is 12.2. The Bertz CT molecular complexity index is 455. The number of amides is 2. The number of nitrogens with one attached hydrogen (secondary N) is 2. The molecule has 1 aromatic carbocycles. The topological polar surface area (TPSA) is 67.4 Å². The molecule has 0 aromatic heterocycles. The maximum absolute atomic E-state index is 12.2. The van der Waals surface area contributed by atoms with Crippen LogP contribution in [0, 0.1) is 5.41 Å². The first-order chi connectivity index (χ1) is 9.19. The van der Waals surface area contributed by atoms with Gasteiger partial charge in [-0.15, -0.1) is 0 Å². The first-order valence-electron chi connectivity index (χ1n) is 6.33. The van der Waals surface area contributed by atoms with Crippen molar-refractivity contribution in [1.82, 2.24) is 5.32 Å². The van der Waals surface area contributed by atoms with Crippen molar-refractivity contribution in [3.8, 4) is 0 Å². The SMILES string of the molecule is COCCNC(=O)C1(C(=O)Nc2ccccc2)CC1. The monoisotopic (exact) mass is 262 g/mol. The summed E-state index contributed by atoms with van der Waals surface area (Å²) < 4.78 is 4.87. The van der Waals surface area contributed by atoms with E-state index >= 15 is 0 Å². The second-order valence-electron chi connectivity index (χ2n) is 4.65. The van der Waals surface area contributed by atoms with Gasteiger partial charge in [-0.3, -0.25) is 9.59 Å². The van der Waals surface area contributed by atoms with E-state index in [0.29, 0.717) is 31.7 Å². The lowest BCUT2D eigenvalue weighted by Gasteiger charge is -2.15. The Morgan fingerprint density at radius 1 is 1.21 bits per heavy atom. The lowest BCUT2D eigenvalue weighted by atomic mass is 10.1. The van der Waals surface area contributed by atoms with Crippen LogP contribution in [0.1, 0.15) is 12.8 Å². The van der Waals surface area contributed by atoms with Crippen LogP contribution < -0.4 is 10.6 Å². The number of para-hydroxylation sites is 1. The van der Waals surface area contributed by atoms with Gasteiger partial charge < -0.3 is 15.4 Å². The summed E-state index contributed by atoms with van der Waals surface area (Å²) in [6.45, 7) is 0.873. The van der Waals surface area contributed by atoms with Crippen molar-refractivity contribution in [1.29, 1.82) is 0 Å². The van der Waals surface area contributed by atoms with Gasteiger partial charge in [0.05, 0.1) is 6.61 Å². The molecule has 0 saturated heterocycles. The number of anilines is 1. The summed E-state index contributed by atoms with van der Waals surface area (Å²) in [5.41, 5.74) is -0.174. The van der Waals surface area contributed by atoms with E-state index in [-0.39, 0.29) is 11.8 Å². The summed E-state index contributed by atoms with van der Waals surface area (Å²) >= 11 is 0. The van der Waals surface area contributed by atoms with Crippen LogP contribution in [0.15, 0.2) is 30.3 Å². The molecule has 2 amide bonds. The molecule has 1 aromatic rings. The first-order valence-corrected chi connectivity index (χ1v) is 6.33. The minimum absolute atomic E-state index is 0.210. The predicted octanol–water partition coefficient (Wildman–Crippen LogP) is 1.17. The summed E-state index contributed by atoms with van der Waals surface area (Å²) in [5.74, 6) is -0.438. The Labute approximate surface area is 112 Å². The molecule has 0 atom stereocenters. The standard InChI is InChI=1S/C14H18N2O3/c1-19-10-9-15-12(17)14(7-8-14)13(18)16-11-5-3-2-4-6-11/h2-6H,7-10H2,1H3,(H,15,17)(H,16,18). The number of rotatable bonds is 6. The minimum atomic E-state index is -0.885. The van der Waals surface area contributed by atoms with Gasteiger partial charge in [0.2, 0.25) is 11.8 Å². The first kappa shape index (κ1) is 13.5. The third-order valence-electron chi connectivity index (χ3n) is 3.24. The number of carbonyl (C=O) groups excluding carboxylic acids is 2. The summed E-state index contributed by atoms with van der Waals surface area (Å²) in [4.78, 5) is 24.2. The number of ether oxygens (including phenoxy) is 1. The Morgan fingerprint density at radius 2 is 1.89 bits per heavy atom. The van der Waals surface area contributed by atoms with Gasteiger partial charge in [0, 0.05) is 19.3 Å². The Kier molecular flexibility index (Phi) is 4.16. The van der Waals surface area contributed by atoms with Crippen molar-refractivity contribution in [2.75, 3.05) is 25.6 Å². The van der Waals surface area contributed by atoms with Crippen LogP contribution in [0.4, 0.5) is 5.69 Å². The third-order valence-corrected chi connectivity index (χ3v) is 3.24. The predicted molar refractivity (Wildman–Crippen MR) is 71.6 cm³/mol. The second kappa shape index (κ2) is 5.84. The van der Waals surface area contributed by atoms with Gasteiger partial charge in [-0.05, 0) is 25.0 Å². The van der Waals surface area contributed by atoms with Crippen molar-refractivity contribution in [2.45, 2.75) is 12.8 Å². The molecule has 2 N–H and O–H groups in total. The zero-order valence-corrected chi connectivity index (χ0v) is 10.9. The van der Waals surface area contributed by atoms with E-state index < -0.39 is 5.41 Å². The zero-order chi connectivity index (χ0) is 13.7. The molecule has 19 heavy (non-hydrogen) atoms. The molecule has 0 spiro atoms. The van der Waals surface area contributed by atoms with Crippen LogP contribution in [0.25, 0.3) is 0 Å². The molecule has 102 valence electrons. The summed E-state index contributed by atoms with van der Waals surface area (Å²) in [5, 5.41) is 5.51. The lowest BCUT2D eigenvalue weighted by Crippen LogP contribution is -2.41. The highest BCUT2D eigenvalue weighted by molar-refractivity contribution is 6.13. The Balaban J connectivity index is 1.92. The van der Waals surface area contributed by atoms with Gasteiger partial charge >= 0.3 is 0 Å². The molecule has 1 saturated carbocycles. The second-order valence-corrected chi connectivity index (χ2v) is 4.65. The van der Waals surface area contributed by atoms with Crippen LogP contribution in [-0.2, 0) is 14.3 Å². The van der Waals surface area contributed by atoms with Crippen LogP contribution in [0.2, 0.25) is 0 Å². The van der Waals surface area contributed by atoms with E-state index in [1.807, 2.05) is 18.2 Å². The van der Waals surface area contributed by atoms with Crippen molar-refractivity contribution in [3.63, 3.8) is 0 Å². The van der Waals surface area contributed by atoms with Crippen molar-refractivity contribution in [3.05, 3.63) is 30.3 Å². The highest BCUT2D eigenvalue weighted by Crippen LogP contribution is 2.46. The van der Waals surface area contributed by atoms with Crippen LogP contribution in [0.3, 0.4) is 0 Å². The lowest BCUT2D eigenvalue weighted by molar-refractivity contribution is -0.134. The average Bonchev–Trinajstić information content (AvgIpc) is 3.21. The van der Waals surface area contributed by atoms with Gasteiger partial charge in [0.1, 0.15) is 5.41 Å². The van der Waals surface area contributed by atoms with E-state index in [1.165, 1.54) is 0 Å². The van der Waals surface area contributed by atoms with Gasteiger partial charge in [0.25, 0.3) is 0 Å². The summed E-state index contributed by atoms with van der Waals surface area (Å²) in [7, 11) is 1.57. The van der Waals surface area contributed by atoms with Crippen molar-refractivity contribution < 1.29 is 14.3 Å². The molecule has 1 fully saturated rings. The van der Waals surface area contributed by atoms with E-state index in [0.717, 1.165) is 0 Å². The molecule has 5 heteroatoms. The Morgan fingerprint density at radius 3 is 2.47 bits per heavy atom. The van der Waals surface area contributed by atoms with Gasteiger partial charge in [-0.2, -0.15) is 0 Å². The Hall–Kier alpha value is -1.88. The number of hydrogen-bond donors (Lipinski definition) is 2. The normalized spacial score (nSPS) is 15.6. The molecular formula is C14H18N2O3. The molecule has 0 bridgehead atoms. The molecule has 0 aliphatic heterocycles. The maximum Gasteiger partial charge on any atom is 0.240 e. The molecule has 0 radical (unpaired) electrons. The fourth-order valence-corrected chi connectivity index (χ4v) is 1.89. The molecule has 1 aliphatic rings. The fourth-order valence-electron chi connectivity index (χ4n) is 1.89. The molecular weight excluding hydrogens is 244 g/mol. The summed E-state index contributed by atoms with van der Waals surface area (Å²) in [6.07, 6.45) is 1.20. The molecule has 0 unspecified atom stereocenters. The fraction of sp³-hybridized carbons (Fsp3) is 0.429. The van der Waals surface area contributed by atoms with E-state index in [2.05, 4.69) is 10.6 Å². The molecule has 2 rings (SSSR count). The number of methoxy groups -OCH3 is 1. The highest BCUT2D eigenvalue weighted by atomic mass is 16.5. The van der Waals surface area contributed by atoms with Gasteiger partial charge in [-0.25, -0.2) is 0 Å². The molecule has 5 nitrogen and oxygen atoms in total. The molecule has 1 aliphatic carbocycles. The third kappa shape index (κ3) is 3.12.